The highest BCUT2D eigenvalue weighted by molar-refractivity contribution is 5.85. The molecular formula is C23H31ClN2O. The fraction of sp³-hybridized carbons (Fsp3) is 0.435. The topological polar surface area (TPSA) is 46.3 Å². The summed E-state index contributed by atoms with van der Waals surface area (Å²) in [5, 5.41) is 0. The van der Waals surface area contributed by atoms with E-state index in [1.165, 1.54) is 16.7 Å². The number of nitrogens with zero attached hydrogens (tertiary/aromatic N) is 1. The lowest BCUT2D eigenvalue weighted by Gasteiger charge is -2.20. The van der Waals surface area contributed by atoms with Crippen molar-refractivity contribution < 1.29 is 4.79 Å². The Hall–Kier alpha value is -1.84. The summed E-state index contributed by atoms with van der Waals surface area (Å²) in [6.07, 6.45) is 1.60. The minimum absolute atomic E-state index is 0. The molecule has 1 saturated heterocycles. The van der Waals surface area contributed by atoms with E-state index in [0.717, 1.165) is 19.5 Å². The number of amides is 1. The number of carbonyl (C=O) groups is 1. The van der Waals surface area contributed by atoms with Gasteiger partial charge in [0.15, 0.2) is 0 Å². The molecule has 1 aliphatic heterocycles. The predicted molar refractivity (Wildman–Crippen MR) is 114 cm³/mol. The molecule has 3 nitrogen and oxygen atoms in total. The summed E-state index contributed by atoms with van der Waals surface area (Å²) >= 11 is 0. The van der Waals surface area contributed by atoms with Gasteiger partial charge in [-0.25, -0.2) is 0 Å². The third-order valence-electron chi connectivity index (χ3n) is 5.76. The Bertz CT molecular complexity index is 717. The Morgan fingerprint density at radius 2 is 1.78 bits per heavy atom. The summed E-state index contributed by atoms with van der Waals surface area (Å²) in [6, 6.07) is 19.1. The summed E-state index contributed by atoms with van der Waals surface area (Å²) in [7, 11) is 0. The SMILES string of the molecule is CCc1ccc(C(C)CC(=O)N2C[C@@H](CN)[C@H](c3ccccc3)C2)cc1.Cl. The van der Waals surface area contributed by atoms with Crippen molar-refractivity contribution >= 4 is 18.3 Å². The number of rotatable bonds is 6. The van der Waals surface area contributed by atoms with Crippen molar-refractivity contribution in [2.75, 3.05) is 19.6 Å². The van der Waals surface area contributed by atoms with Crippen molar-refractivity contribution in [2.24, 2.45) is 11.7 Å². The lowest BCUT2D eigenvalue weighted by molar-refractivity contribution is -0.130. The Labute approximate surface area is 169 Å². The maximum absolute atomic E-state index is 12.9. The smallest absolute Gasteiger partial charge is 0.223 e. The van der Waals surface area contributed by atoms with Crippen LogP contribution in [0, 0.1) is 5.92 Å². The number of carbonyl (C=O) groups excluding carboxylic acids is 1. The molecule has 0 aliphatic carbocycles. The van der Waals surface area contributed by atoms with Gasteiger partial charge in [-0.3, -0.25) is 4.79 Å². The maximum Gasteiger partial charge on any atom is 0.223 e. The van der Waals surface area contributed by atoms with Crippen LogP contribution in [0.25, 0.3) is 0 Å². The lowest BCUT2D eigenvalue weighted by atomic mass is 9.89. The standard InChI is InChI=1S/C23H30N2O.ClH/c1-3-18-9-11-19(12-10-18)17(2)13-23(26)25-15-21(14-24)22(16-25)20-7-5-4-6-8-20;/h4-12,17,21-22H,3,13-16,24H2,1-2H3;1H/t17?,21-,22+;/m1./s1. The molecule has 146 valence electrons. The molecule has 1 aliphatic rings. The Morgan fingerprint density at radius 1 is 1.11 bits per heavy atom. The van der Waals surface area contributed by atoms with Crippen LogP contribution in [0.3, 0.4) is 0 Å². The largest absolute Gasteiger partial charge is 0.342 e. The molecule has 2 aromatic carbocycles. The number of halogens is 1. The molecule has 2 N–H and O–H groups in total. The van der Waals surface area contributed by atoms with Gasteiger partial charge >= 0.3 is 0 Å². The average Bonchev–Trinajstić information content (AvgIpc) is 3.13. The van der Waals surface area contributed by atoms with Gasteiger partial charge in [0.05, 0.1) is 0 Å². The number of aryl methyl sites for hydroxylation is 1. The molecule has 2 aromatic rings. The van der Waals surface area contributed by atoms with Gasteiger partial charge in [0.1, 0.15) is 0 Å². The molecule has 0 radical (unpaired) electrons. The van der Waals surface area contributed by atoms with E-state index in [1.54, 1.807) is 0 Å². The van der Waals surface area contributed by atoms with Crippen LogP contribution < -0.4 is 5.73 Å². The molecule has 1 heterocycles. The van der Waals surface area contributed by atoms with Crippen LogP contribution in [0.15, 0.2) is 54.6 Å². The first-order chi connectivity index (χ1) is 12.6. The zero-order valence-electron chi connectivity index (χ0n) is 16.3. The molecule has 3 rings (SSSR count). The number of nitrogens with two attached hydrogens (primary N) is 1. The van der Waals surface area contributed by atoms with E-state index in [1.807, 2.05) is 11.0 Å². The number of likely N-dealkylation sites (tertiary alicyclic amines) is 1. The molecule has 27 heavy (non-hydrogen) atoms. The normalized spacial score (nSPS) is 20.2. The Balaban J connectivity index is 0.00000261. The van der Waals surface area contributed by atoms with Crippen LogP contribution in [0.5, 0.6) is 0 Å². The molecule has 4 heteroatoms. The van der Waals surface area contributed by atoms with Crippen LogP contribution in [0.2, 0.25) is 0 Å². The molecule has 0 saturated carbocycles. The second kappa shape index (κ2) is 9.91. The molecule has 0 bridgehead atoms. The van der Waals surface area contributed by atoms with Crippen molar-refractivity contribution in [3.63, 3.8) is 0 Å². The van der Waals surface area contributed by atoms with E-state index in [-0.39, 0.29) is 24.2 Å². The minimum atomic E-state index is 0. The molecule has 1 amide bonds. The molecular weight excluding hydrogens is 356 g/mol. The van der Waals surface area contributed by atoms with Crippen molar-refractivity contribution in [3.8, 4) is 0 Å². The van der Waals surface area contributed by atoms with Gasteiger partial charge in [0, 0.05) is 25.4 Å². The van der Waals surface area contributed by atoms with E-state index < -0.39 is 0 Å². The van der Waals surface area contributed by atoms with Crippen LogP contribution in [0.4, 0.5) is 0 Å². The number of benzene rings is 2. The monoisotopic (exact) mass is 386 g/mol. The van der Waals surface area contributed by atoms with Crippen LogP contribution >= 0.6 is 12.4 Å². The van der Waals surface area contributed by atoms with Crippen LogP contribution in [0.1, 0.15) is 48.8 Å². The van der Waals surface area contributed by atoms with Gasteiger partial charge in [0.2, 0.25) is 5.91 Å². The zero-order valence-corrected chi connectivity index (χ0v) is 17.1. The van der Waals surface area contributed by atoms with Gasteiger partial charge < -0.3 is 10.6 Å². The predicted octanol–water partition coefficient (Wildman–Crippen LogP) is 4.37. The minimum Gasteiger partial charge on any atom is -0.342 e. The zero-order chi connectivity index (χ0) is 18.5. The van der Waals surface area contributed by atoms with Gasteiger partial charge in [-0.05, 0) is 41.5 Å². The van der Waals surface area contributed by atoms with Crippen molar-refractivity contribution in [3.05, 3.63) is 71.3 Å². The molecule has 1 fully saturated rings. The maximum atomic E-state index is 12.9. The molecule has 0 spiro atoms. The van der Waals surface area contributed by atoms with E-state index in [0.29, 0.717) is 24.8 Å². The first kappa shape index (κ1) is 21.5. The van der Waals surface area contributed by atoms with E-state index in [9.17, 15) is 4.79 Å². The van der Waals surface area contributed by atoms with Gasteiger partial charge in [-0.2, -0.15) is 0 Å². The van der Waals surface area contributed by atoms with Gasteiger partial charge in [-0.15, -0.1) is 12.4 Å². The summed E-state index contributed by atoms with van der Waals surface area (Å²) in [5.74, 6) is 1.18. The van der Waals surface area contributed by atoms with E-state index in [4.69, 9.17) is 5.73 Å². The molecule has 1 unspecified atom stereocenters. The van der Waals surface area contributed by atoms with Gasteiger partial charge in [-0.1, -0.05) is 68.4 Å². The third-order valence-corrected chi connectivity index (χ3v) is 5.76. The first-order valence-electron chi connectivity index (χ1n) is 9.74. The average molecular weight is 387 g/mol. The van der Waals surface area contributed by atoms with Crippen molar-refractivity contribution in [2.45, 2.75) is 38.5 Å². The summed E-state index contributed by atoms with van der Waals surface area (Å²) in [6.45, 7) is 6.48. The summed E-state index contributed by atoms with van der Waals surface area (Å²) < 4.78 is 0. The number of hydrogen-bond donors (Lipinski definition) is 1. The van der Waals surface area contributed by atoms with Crippen LogP contribution in [-0.2, 0) is 11.2 Å². The first-order valence-corrected chi connectivity index (χ1v) is 9.74. The third kappa shape index (κ3) is 5.12. The summed E-state index contributed by atoms with van der Waals surface area (Å²) in [5.41, 5.74) is 9.88. The highest BCUT2D eigenvalue weighted by atomic mass is 35.5. The highest BCUT2D eigenvalue weighted by Gasteiger charge is 2.35. The molecule has 3 atom stereocenters. The number of hydrogen-bond acceptors (Lipinski definition) is 2. The van der Waals surface area contributed by atoms with E-state index in [2.05, 4.69) is 62.4 Å². The quantitative estimate of drug-likeness (QED) is 0.801. The second-order valence-electron chi connectivity index (χ2n) is 7.51. The lowest BCUT2D eigenvalue weighted by Crippen LogP contribution is -2.30. The van der Waals surface area contributed by atoms with Crippen molar-refractivity contribution in [1.29, 1.82) is 0 Å². The fourth-order valence-corrected chi connectivity index (χ4v) is 3.98. The Morgan fingerprint density at radius 3 is 2.37 bits per heavy atom. The summed E-state index contributed by atoms with van der Waals surface area (Å²) in [4.78, 5) is 14.9. The Kier molecular flexibility index (Phi) is 7.88. The van der Waals surface area contributed by atoms with Crippen LogP contribution in [-0.4, -0.2) is 30.4 Å². The van der Waals surface area contributed by atoms with Gasteiger partial charge in [0.25, 0.3) is 0 Å². The highest BCUT2D eigenvalue weighted by Crippen LogP contribution is 2.33. The van der Waals surface area contributed by atoms with E-state index >= 15 is 0 Å². The second-order valence-corrected chi connectivity index (χ2v) is 7.51. The fourth-order valence-electron chi connectivity index (χ4n) is 3.98. The van der Waals surface area contributed by atoms with Crippen molar-refractivity contribution in [1.82, 2.24) is 4.90 Å². The molecule has 0 aromatic heterocycles.